The lowest BCUT2D eigenvalue weighted by molar-refractivity contribution is -0.120. The Bertz CT molecular complexity index is 101. The zero-order valence-electron chi connectivity index (χ0n) is 5.26. The van der Waals surface area contributed by atoms with Crippen LogP contribution in [0, 0.1) is 0 Å². The van der Waals surface area contributed by atoms with Crippen LogP contribution in [0.3, 0.4) is 0 Å². The monoisotopic (exact) mass is 129 g/mol. The van der Waals surface area contributed by atoms with Crippen LogP contribution >= 0.6 is 0 Å². The molecule has 0 aliphatic carbocycles. The maximum Gasteiger partial charge on any atom is 0.223 e. The molecule has 0 rings (SSSR count). The Hall–Kier alpha value is -0.830. The van der Waals surface area contributed by atoms with Gasteiger partial charge < -0.3 is 10.4 Å². The molecule has 0 aliphatic heterocycles. The summed E-state index contributed by atoms with van der Waals surface area (Å²) >= 11 is 0. The summed E-state index contributed by atoms with van der Waals surface area (Å²) in [7, 11) is 0. The average molecular weight is 129 g/mol. The van der Waals surface area contributed by atoms with E-state index in [1.54, 1.807) is 0 Å². The van der Waals surface area contributed by atoms with Crippen molar-refractivity contribution in [3.8, 4) is 0 Å². The van der Waals surface area contributed by atoms with E-state index >= 15 is 0 Å². The smallest absolute Gasteiger partial charge is 0.223 e. The summed E-state index contributed by atoms with van der Waals surface area (Å²) < 4.78 is 0. The molecule has 1 amide bonds. The number of aliphatic hydroxyl groups excluding tert-OH is 1. The lowest BCUT2D eigenvalue weighted by Crippen LogP contribution is -2.25. The number of nitrogens with one attached hydrogen (secondary N) is 1. The molecule has 0 aliphatic rings. The van der Waals surface area contributed by atoms with Crippen LogP contribution in [0.5, 0.6) is 0 Å². The summed E-state index contributed by atoms with van der Waals surface area (Å²) in [5.74, 6) is -0.0981. The van der Waals surface area contributed by atoms with Crippen LogP contribution < -0.4 is 5.32 Å². The first kappa shape index (κ1) is 8.17. The van der Waals surface area contributed by atoms with E-state index < -0.39 is 0 Å². The molecular formula is C6H11NO2. The van der Waals surface area contributed by atoms with Gasteiger partial charge in [-0.05, 0) is 0 Å². The minimum atomic E-state index is -0.0981. The van der Waals surface area contributed by atoms with Crippen LogP contribution in [0.25, 0.3) is 0 Å². The molecule has 2 N–H and O–H groups in total. The maximum atomic E-state index is 10.5. The fourth-order valence-corrected chi connectivity index (χ4v) is 0.399. The Morgan fingerprint density at radius 2 is 2.44 bits per heavy atom. The molecule has 0 spiro atoms. The van der Waals surface area contributed by atoms with Crippen molar-refractivity contribution in [1.82, 2.24) is 5.32 Å². The molecule has 0 saturated heterocycles. The molecular weight excluding hydrogens is 118 g/mol. The number of carbonyl (C=O) groups is 1. The Morgan fingerprint density at radius 1 is 1.78 bits per heavy atom. The molecule has 0 aromatic carbocycles. The Morgan fingerprint density at radius 3 is 2.89 bits per heavy atom. The molecule has 3 nitrogen and oxygen atoms in total. The highest BCUT2D eigenvalue weighted by atomic mass is 16.3. The fourth-order valence-electron chi connectivity index (χ4n) is 0.399. The summed E-state index contributed by atoms with van der Waals surface area (Å²) in [4.78, 5) is 10.5. The number of hydrogen-bond acceptors (Lipinski definition) is 2. The highest BCUT2D eigenvalue weighted by Crippen LogP contribution is 1.76. The van der Waals surface area contributed by atoms with Crippen molar-refractivity contribution < 1.29 is 9.90 Å². The molecule has 0 heterocycles. The van der Waals surface area contributed by atoms with Gasteiger partial charge in [-0.15, -0.1) is 6.58 Å². The predicted molar refractivity (Wildman–Crippen MR) is 34.9 cm³/mol. The molecule has 0 aromatic heterocycles. The van der Waals surface area contributed by atoms with Gasteiger partial charge in [0.25, 0.3) is 0 Å². The topological polar surface area (TPSA) is 49.3 Å². The van der Waals surface area contributed by atoms with Crippen LogP contribution in [0.15, 0.2) is 12.7 Å². The second kappa shape index (κ2) is 5.31. The van der Waals surface area contributed by atoms with Gasteiger partial charge in [-0.25, -0.2) is 0 Å². The van der Waals surface area contributed by atoms with E-state index in [2.05, 4.69) is 11.9 Å². The molecule has 0 radical (unpaired) electrons. The second-order valence-corrected chi connectivity index (χ2v) is 1.57. The van der Waals surface area contributed by atoms with Gasteiger partial charge >= 0.3 is 0 Å². The van der Waals surface area contributed by atoms with Gasteiger partial charge in [-0.1, -0.05) is 6.08 Å². The standard InChI is InChI=1S/C6H11NO2/c1-2-3-6(9)7-4-5-8/h2,8H,1,3-5H2,(H,7,9). The SMILES string of the molecule is C=CCC(=O)NCCO. The Labute approximate surface area is 54.4 Å². The minimum absolute atomic E-state index is 0.0110. The van der Waals surface area contributed by atoms with Gasteiger partial charge in [0, 0.05) is 13.0 Å². The third-order valence-electron chi connectivity index (χ3n) is 0.764. The first-order valence-electron chi connectivity index (χ1n) is 2.79. The summed E-state index contributed by atoms with van der Waals surface area (Å²) in [5.41, 5.74) is 0. The van der Waals surface area contributed by atoms with Crippen molar-refractivity contribution in [2.45, 2.75) is 6.42 Å². The molecule has 52 valence electrons. The highest BCUT2D eigenvalue weighted by Gasteiger charge is 1.92. The number of carbonyl (C=O) groups excluding carboxylic acids is 1. The van der Waals surface area contributed by atoms with Crippen molar-refractivity contribution in [2.75, 3.05) is 13.2 Å². The largest absolute Gasteiger partial charge is 0.395 e. The van der Waals surface area contributed by atoms with E-state index in [1.165, 1.54) is 6.08 Å². The quantitative estimate of drug-likeness (QED) is 0.511. The van der Waals surface area contributed by atoms with E-state index in [9.17, 15) is 4.79 Å². The van der Waals surface area contributed by atoms with E-state index in [0.717, 1.165) is 0 Å². The van der Waals surface area contributed by atoms with E-state index in [4.69, 9.17) is 5.11 Å². The van der Waals surface area contributed by atoms with Crippen LogP contribution in [0.1, 0.15) is 6.42 Å². The van der Waals surface area contributed by atoms with Crippen molar-refractivity contribution in [2.24, 2.45) is 0 Å². The normalized spacial score (nSPS) is 8.56. The average Bonchev–Trinajstić information content (AvgIpc) is 1.85. The highest BCUT2D eigenvalue weighted by molar-refractivity contribution is 5.77. The van der Waals surface area contributed by atoms with Gasteiger partial charge in [0.2, 0.25) is 5.91 Å². The van der Waals surface area contributed by atoms with Crippen molar-refractivity contribution in [3.63, 3.8) is 0 Å². The first-order chi connectivity index (χ1) is 4.31. The Balaban J connectivity index is 3.16. The molecule has 9 heavy (non-hydrogen) atoms. The van der Waals surface area contributed by atoms with Crippen molar-refractivity contribution in [1.29, 1.82) is 0 Å². The van der Waals surface area contributed by atoms with Crippen LogP contribution in [0.2, 0.25) is 0 Å². The van der Waals surface area contributed by atoms with Crippen molar-refractivity contribution >= 4 is 5.91 Å². The third-order valence-corrected chi connectivity index (χ3v) is 0.764. The van der Waals surface area contributed by atoms with Crippen LogP contribution in [-0.4, -0.2) is 24.2 Å². The van der Waals surface area contributed by atoms with E-state index in [1.807, 2.05) is 0 Å². The van der Waals surface area contributed by atoms with Gasteiger partial charge in [0.1, 0.15) is 0 Å². The zero-order chi connectivity index (χ0) is 7.11. The summed E-state index contributed by atoms with van der Waals surface area (Å²) in [6.45, 7) is 3.70. The third kappa shape index (κ3) is 5.03. The van der Waals surface area contributed by atoms with Gasteiger partial charge in [-0.3, -0.25) is 4.79 Å². The summed E-state index contributed by atoms with van der Waals surface area (Å²) in [6, 6.07) is 0. The van der Waals surface area contributed by atoms with Gasteiger partial charge in [0.05, 0.1) is 6.61 Å². The molecule has 0 bridgehead atoms. The predicted octanol–water partition coefficient (Wildman–Crippen LogP) is -0.329. The summed E-state index contributed by atoms with van der Waals surface area (Å²) in [5, 5.41) is 10.7. The number of rotatable bonds is 4. The van der Waals surface area contributed by atoms with Gasteiger partial charge in [-0.2, -0.15) is 0 Å². The minimum Gasteiger partial charge on any atom is -0.395 e. The number of amides is 1. The first-order valence-corrected chi connectivity index (χ1v) is 2.79. The molecule has 0 atom stereocenters. The molecule has 3 heteroatoms. The van der Waals surface area contributed by atoms with Gasteiger partial charge in [0.15, 0.2) is 0 Å². The Kier molecular flexibility index (Phi) is 4.82. The summed E-state index contributed by atoms with van der Waals surface area (Å²) in [6.07, 6.45) is 1.84. The molecule has 0 unspecified atom stereocenters. The van der Waals surface area contributed by atoms with E-state index in [0.29, 0.717) is 13.0 Å². The van der Waals surface area contributed by atoms with Crippen LogP contribution in [0.4, 0.5) is 0 Å². The number of hydrogen-bond donors (Lipinski definition) is 2. The lowest BCUT2D eigenvalue weighted by Gasteiger charge is -1.97. The molecule has 0 aromatic rings. The zero-order valence-corrected chi connectivity index (χ0v) is 5.26. The van der Waals surface area contributed by atoms with Crippen molar-refractivity contribution in [3.05, 3.63) is 12.7 Å². The molecule has 0 saturated carbocycles. The fraction of sp³-hybridized carbons (Fsp3) is 0.500. The number of aliphatic hydroxyl groups is 1. The molecule has 0 fully saturated rings. The van der Waals surface area contributed by atoms with Crippen LogP contribution in [-0.2, 0) is 4.79 Å². The lowest BCUT2D eigenvalue weighted by atomic mass is 10.4. The second-order valence-electron chi connectivity index (χ2n) is 1.57. The van der Waals surface area contributed by atoms with E-state index in [-0.39, 0.29) is 12.5 Å². The maximum absolute atomic E-state index is 10.5.